The summed E-state index contributed by atoms with van der Waals surface area (Å²) < 4.78 is 13.2. The summed E-state index contributed by atoms with van der Waals surface area (Å²) in [6.45, 7) is 6.33. The van der Waals surface area contributed by atoms with Crippen LogP contribution in [0.1, 0.15) is 71.0 Å². The number of nitrogens with two attached hydrogens (primary N) is 1. The number of carbonyl (C=O) groups is 3. The SMILES string of the molecule is COc1ccc2cc1OCCn1nc(-c3ccccc3)nc1[C@@H](C)NC(=O)CN(C(=O)c1csc([C@@H](N)CC(C)C)n1)CCNC2=O.Cl. The van der Waals surface area contributed by atoms with Crippen molar-refractivity contribution in [2.45, 2.75) is 45.8 Å². The zero-order valence-corrected chi connectivity index (χ0v) is 29.0. The topological polar surface area (TPSA) is 167 Å². The van der Waals surface area contributed by atoms with Crippen molar-refractivity contribution < 1.29 is 23.9 Å². The first-order valence-corrected chi connectivity index (χ1v) is 16.4. The summed E-state index contributed by atoms with van der Waals surface area (Å²) >= 11 is 1.32. The summed E-state index contributed by atoms with van der Waals surface area (Å²) in [6, 6.07) is 13.6. The second-order valence-corrected chi connectivity index (χ2v) is 12.6. The fourth-order valence-corrected chi connectivity index (χ4v) is 6.04. The normalized spacial score (nSPS) is 16.5. The molecule has 15 heteroatoms. The van der Waals surface area contributed by atoms with Crippen LogP contribution in [0.25, 0.3) is 11.4 Å². The number of hydrogen-bond donors (Lipinski definition) is 3. The van der Waals surface area contributed by atoms with Crippen LogP contribution >= 0.6 is 23.7 Å². The van der Waals surface area contributed by atoms with Crippen LogP contribution in [-0.2, 0) is 11.3 Å². The van der Waals surface area contributed by atoms with Crippen molar-refractivity contribution >= 4 is 41.5 Å². The van der Waals surface area contributed by atoms with Crippen LogP contribution in [0.5, 0.6) is 11.5 Å². The van der Waals surface area contributed by atoms with Crippen molar-refractivity contribution in [3.8, 4) is 22.9 Å². The van der Waals surface area contributed by atoms with Crippen molar-refractivity contribution in [2.24, 2.45) is 11.7 Å². The van der Waals surface area contributed by atoms with Crippen molar-refractivity contribution in [3.63, 3.8) is 0 Å². The number of methoxy groups -OCH3 is 1. The monoisotopic (exact) mass is 696 g/mol. The average molecular weight is 697 g/mol. The van der Waals surface area contributed by atoms with E-state index >= 15 is 0 Å². The summed E-state index contributed by atoms with van der Waals surface area (Å²) in [7, 11) is 1.53. The van der Waals surface area contributed by atoms with E-state index in [0.29, 0.717) is 46.2 Å². The standard InChI is InChI=1S/C33H40N8O5S.ClH/c1-20(2)16-24(34)32-37-25(19-47-32)33(44)40-13-12-35-31(43)23-10-11-26(45-4)27(17-23)46-15-14-41-30(21(3)36-28(42)18-40)38-29(39-41)22-8-6-5-7-9-22;/h5-11,17,19-21,24H,12-16,18,34H2,1-4H3,(H,35,43)(H,36,42);1H/t21-,24+;/m1./s1. The molecule has 256 valence electrons. The lowest BCUT2D eigenvalue weighted by atomic mass is 10.1. The van der Waals surface area contributed by atoms with Crippen LogP contribution in [0.3, 0.4) is 0 Å². The van der Waals surface area contributed by atoms with Crippen LogP contribution in [0, 0.1) is 5.92 Å². The number of carbonyl (C=O) groups excluding carboxylic acids is 3. The summed E-state index contributed by atoms with van der Waals surface area (Å²) in [4.78, 5) is 50.9. The molecule has 48 heavy (non-hydrogen) atoms. The van der Waals surface area contributed by atoms with Crippen molar-refractivity contribution in [1.29, 1.82) is 0 Å². The van der Waals surface area contributed by atoms with Gasteiger partial charge in [0, 0.05) is 29.6 Å². The largest absolute Gasteiger partial charge is 0.493 e. The quantitative estimate of drug-likeness (QED) is 0.270. The molecule has 0 saturated carbocycles. The van der Waals surface area contributed by atoms with Gasteiger partial charge in [-0.25, -0.2) is 14.6 Å². The number of benzene rings is 2. The van der Waals surface area contributed by atoms with Gasteiger partial charge < -0.3 is 30.7 Å². The molecular formula is C33H41ClN8O5S. The van der Waals surface area contributed by atoms with Crippen molar-refractivity contribution in [2.75, 3.05) is 33.4 Å². The lowest BCUT2D eigenvalue weighted by molar-refractivity contribution is -0.122. The van der Waals surface area contributed by atoms with E-state index in [2.05, 4.69) is 29.5 Å². The summed E-state index contributed by atoms with van der Waals surface area (Å²) in [5, 5.41) is 12.8. The van der Waals surface area contributed by atoms with Gasteiger partial charge in [-0.05, 0) is 37.5 Å². The lowest BCUT2D eigenvalue weighted by Crippen LogP contribution is -2.45. The van der Waals surface area contributed by atoms with Gasteiger partial charge in [0.05, 0.1) is 32.3 Å². The molecule has 0 unspecified atom stereocenters. The fraction of sp³-hybridized carbons (Fsp3) is 0.394. The predicted molar refractivity (Wildman–Crippen MR) is 184 cm³/mol. The Balaban J connectivity index is 0.00000520. The molecule has 0 saturated heterocycles. The summed E-state index contributed by atoms with van der Waals surface area (Å²) in [5.41, 5.74) is 7.70. The minimum absolute atomic E-state index is 0. The molecule has 3 heterocycles. The third kappa shape index (κ3) is 8.88. The third-order valence-electron chi connectivity index (χ3n) is 7.56. The van der Waals surface area contributed by atoms with Crippen molar-refractivity contribution in [3.05, 3.63) is 76.0 Å². The van der Waals surface area contributed by atoms with Crippen LogP contribution < -0.4 is 25.8 Å². The molecule has 0 spiro atoms. The molecule has 0 fully saturated rings. The zero-order chi connectivity index (χ0) is 33.5. The number of nitrogens with one attached hydrogen (secondary N) is 2. The highest BCUT2D eigenvalue weighted by Gasteiger charge is 2.26. The zero-order valence-electron chi connectivity index (χ0n) is 27.3. The Kier molecular flexibility index (Phi) is 12.5. The number of rotatable bonds is 6. The molecule has 4 N–H and O–H groups in total. The first-order chi connectivity index (χ1) is 22.6. The van der Waals surface area contributed by atoms with Gasteiger partial charge in [0.1, 0.15) is 23.1 Å². The number of nitrogens with zero attached hydrogens (tertiary/aromatic N) is 5. The maximum absolute atomic E-state index is 13.7. The molecule has 5 rings (SSSR count). The molecule has 2 atom stereocenters. The molecule has 1 aliphatic heterocycles. The van der Waals surface area contributed by atoms with E-state index in [4.69, 9.17) is 25.3 Å². The molecule has 3 amide bonds. The molecule has 0 aliphatic carbocycles. The maximum Gasteiger partial charge on any atom is 0.273 e. The average Bonchev–Trinajstić information content (AvgIpc) is 3.72. The number of hydrogen-bond acceptors (Lipinski definition) is 10. The Labute approximate surface area is 289 Å². The highest BCUT2D eigenvalue weighted by atomic mass is 35.5. The van der Waals surface area contributed by atoms with Gasteiger partial charge in [0.15, 0.2) is 17.3 Å². The summed E-state index contributed by atoms with van der Waals surface area (Å²) in [6.07, 6.45) is 0.728. The fourth-order valence-electron chi connectivity index (χ4n) is 5.23. The molecule has 2 aromatic heterocycles. The maximum atomic E-state index is 13.7. The van der Waals surface area contributed by atoms with Crippen molar-refractivity contribution in [1.82, 2.24) is 35.3 Å². The van der Waals surface area contributed by atoms with Gasteiger partial charge in [-0.3, -0.25) is 14.4 Å². The second-order valence-electron chi connectivity index (χ2n) is 11.7. The predicted octanol–water partition coefficient (Wildman–Crippen LogP) is 4.02. The number of ether oxygens (including phenoxy) is 2. The number of fused-ring (bicyclic) bond motifs is 3. The Hall–Kier alpha value is -4.53. The van der Waals surface area contributed by atoms with Gasteiger partial charge >= 0.3 is 0 Å². The van der Waals surface area contributed by atoms with E-state index in [0.717, 1.165) is 12.0 Å². The molecular weight excluding hydrogens is 656 g/mol. The third-order valence-corrected chi connectivity index (χ3v) is 8.53. The highest BCUT2D eigenvalue weighted by molar-refractivity contribution is 7.09. The van der Waals surface area contributed by atoms with E-state index < -0.39 is 17.9 Å². The molecule has 2 bridgehead atoms. The molecule has 2 aromatic carbocycles. The lowest BCUT2D eigenvalue weighted by Gasteiger charge is -2.23. The molecule has 0 radical (unpaired) electrons. The number of aromatic nitrogens is 4. The minimum Gasteiger partial charge on any atom is -0.493 e. The van der Waals surface area contributed by atoms with Crippen LogP contribution in [-0.4, -0.2) is 75.7 Å². The van der Waals surface area contributed by atoms with Gasteiger partial charge in [-0.2, -0.15) is 5.10 Å². The molecule has 13 nitrogen and oxygen atoms in total. The Morgan fingerprint density at radius 1 is 1.12 bits per heavy atom. The minimum atomic E-state index is -0.558. The van der Waals surface area contributed by atoms with Crippen LogP contribution in [0.15, 0.2) is 53.9 Å². The Morgan fingerprint density at radius 3 is 2.62 bits per heavy atom. The Bertz CT molecular complexity index is 1710. The van der Waals surface area contributed by atoms with Crippen LogP contribution in [0.2, 0.25) is 0 Å². The van der Waals surface area contributed by atoms with E-state index in [-0.39, 0.29) is 56.3 Å². The number of amides is 3. The van der Waals surface area contributed by atoms with Crippen LogP contribution in [0.4, 0.5) is 0 Å². The van der Waals surface area contributed by atoms with Gasteiger partial charge in [-0.1, -0.05) is 44.2 Å². The van der Waals surface area contributed by atoms with Gasteiger partial charge in [0.25, 0.3) is 11.8 Å². The van der Waals surface area contributed by atoms with Gasteiger partial charge in [-0.15, -0.1) is 23.7 Å². The van der Waals surface area contributed by atoms with E-state index in [1.807, 2.05) is 37.3 Å². The molecule has 1 aliphatic rings. The molecule has 4 aromatic rings. The van der Waals surface area contributed by atoms with E-state index in [1.54, 1.807) is 28.3 Å². The highest BCUT2D eigenvalue weighted by Crippen LogP contribution is 2.29. The van der Waals surface area contributed by atoms with Gasteiger partial charge in [0.2, 0.25) is 5.91 Å². The van der Waals surface area contributed by atoms with E-state index in [1.165, 1.54) is 23.3 Å². The first-order valence-electron chi connectivity index (χ1n) is 15.5. The number of halogens is 1. The first kappa shape index (κ1) is 36.3. The second kappa shape index (κ2) is 16.5. The number of thiazole rings is 1. The summed E-state index contributed by atoms with van der Waals surface area (Å²) in [5.74, 6) is 1.04. The van der Waals surface area contributed by atoms with E-state index in [9.17, 15) is 14.4 Å². The smallest absolute Gasteiger partial charge is 0.273 e. The Morgan fingerprint density at radius 2 is 1.90 bits per heavy atom.